The van der Waals surface area contributed by atoms with Gasteiger partial charge in [-0.1, -0.05) is 6.07 Å². The summed E-state index contributed by atoms with van der Waals surface area (Å²) < 4.78 is 0. The van der Waals surface area contributed by atoms with Crippen molar-refractivity contribution in [1.82, 2.24) is 5.32 Å². The van der Waals surface area contributed by atoms with Crippen LogP contribution in [0.4, 0.5) is 0 Å². The molecule has 2 rings (SSSR count). The van der Waals surface area contributed by atoms with Crippen LogP contribution in [0.2, 0.25) is 0 Å². The van der Waals surface area contributed by atoms with Crippen LogP contribution in [0.3, 0.4) is 0 Å². The van der Waals surface area contributed by atoms with Gasteiger partial charge in [0.15, 0.2) is 0 Å². The number of nitrogens with one attached hydrogen (secondary N) is 1. The van der Waals surface area contributed by atoms with Crippen molar-refractivity contribution in [1.29, 1.82) is 0 Å². The molecule has 1 amide bonds. The summed E-state index contributed by atoms with van der Waals surface area (Å²) in [5.74, 6) is 0.392. The highest BCUT2D eigenvalue weighted by atomic mass is 32.1. The van der Waals surface area contributed by atoms with Crippen LogP contribution in [0.15, 0.2) is 23.6 Å². The summed E-state index contributed by atoms with van der Waals surface area (Å²) in [6, 6.07) is 3.93. The minimum atomic E-state index is -0.149. The van der Waals surface area contributed by atoms with E-state index in [9.17, 15) is 4.79 Å². The highest BCUT2D eigenvalue weighted by molar-refractivity contribution is 7.10. The van der Waals surface area contributed by atoms with Crippen molar-refractivity contribution >= 4 is 23.3 Å². The van der Waals surface area contributed by atoms with Crippen molar-refractivity contribution in [3.63, 3.8) is 0 Å². The average molecular weight is 237 g/mol. The number of amides is 1. The van der Waals surface area contributed by atoms with Gasteiger partial charge in [0.25, 0.3) is 0 Å². The van der Waals surface area contributed by atoms with Crippen LogP contribution in [0, 0.1) is 5.92 Å². The van der Waals surface area contributed by atoms with E-state index in [2.05, 4.69) is 5.32 Å². The van der Waals surface area contributed by atoms with Crippen molar-refractivity contribution in [2.24, 2.45) is 5.92 Å². The van der Waals surface area contributed by atoms with E-state index < -0.39 is 0 Å². The number of aliphatic hydroxyl groups excluding tert-OH is 1. The molecular weight excluding hydrogens is 222 g/mol. The molecule has 1 aromatic heterocycles. The number of rotatable bonds is 4. The summed E-state index contributed by atoms with van der Waals surface area (Å²) in [5.41, 5.74) is 0. The topological polar surface area (TPSA) is 49.3 Å². The van der Waals surface area contributed by atoms with Crippen molar-refractivity contribution < 1.29 is 9.90 Å². The predicted octanol–water partition coefficient (Wildman–Crippen LogP) is 1.65. The fourth-order valence-corrected chi connectivity index (χ4v) is 2.33. The number of carbonyl (C=O) groups excluding carboxylic acids is 1. The van der Waals surface area contributed by atoms with Crippen molar-refractivity contribution in [2.45, 2.75) is 18.9 Å². The maximum absolute atomic E-state index is 11.4. The standard InChI is InChI=1S/C12H15NO2S/c14-10-6-9(7-10)8-13-12(15)4-3-11-2-1-5-16-11/h1-5,9-10,14H,6-8H2,(H,13,15). The molecule has 1 saturated carbocycles. The van der Waals surface area contributed by atoms with Gasteiger partial charge in [0.1, 0.15) is 0 Å². The summed E-state index contributed by atoms with van der Waals surface area (Å²) >= 11 is 1.61. The zero-order valence-corrected chi connectivity index (χ0v) is 9.74. The van der Waals surface area contributed by atoms with Gasteiger partial charge in [0, 0.05) is 17.5 Å². The molecule has 0 saturated heterocycles. The molecule has 1 aliphatic carbocycles. The van der Waals surface area contributed by atoms with E-state index in [1.54, 1.807) is 17.4 Å². The van der Waals surface area contributed by atoms with Gasteiger partial charge >= 0.3 is 0 Å². The van der Waals surface area contributed by atoms with E-state index in [-0.39, 0.29) is 12.0 Å². The summed E-state index contributed by atoms with van der Waals surface area (Å²) in [4.78, 5) is 12.5. The molecule has 2 N–H and O–H groups in total. The average Bonchev–Trinajstić information content (AvgIpc) is 2.72. The third kappa shape index (κ3) is 3.18. The molecule has 0 radical (unpaired) electrons. The minimum absolute atomic E-state index is 0.0604. The molecule has 86 valence electrons. The van der Waals surface area contributed by atoms with Crippen LogP contribution in [-0.4, -0.2) is 23.7 Å². The lowest BCUT2D eigenvalue weighted by Crippen LogP contribution is -2.37. The first-order chi connectivity index (χ1) is 7.74. The Morgan fingerprint density at radius 1 is 1.62 bits per heavy atom. The lowest BCUT2D eigenvalue weighted by molar-refractivity contribution is -0.117. The van der Waals surface area contributed by atoms with Crippen molar-refractivity contribution in [3.8, 4) is 0 Å². The quantitative estimate of drug-likeness (QED) is 0.782. The second-order valence-electron chi connectivity index (χ2n) is 4.09. The van der Waals surface area contributed by atoms with Crippen molar-refractivity contribution in [3.05, 3.63) is 28.5 Å². The Morgan fingerprint density at radius 3 is 3.06 bits per heavy atom. The smallest absolute Gasteiger partial charge is 0.244 e. The lowest BCUT2D eigenvalue weighted by atomic mass is 9.82. The maximum atomic E-state index is 11.4. The molecule has 16 heavy (non-hydrogen) atoms. The molecule has 0 spiro atoms. The van der Waals surface area contributed by atoms with E-state index in [1.165, 1.54) is 0 Å². The largest absolute Gasteiger partial charge is 0.393 e. The molecule has 0 atom stereocenters. The van der Waals surface area contributed by atoms with E-state index in [0.717, 1.165) is 17.7 Å². The van der Waals surface area contributed by atoms with Crippen LogP contribution >= 0.6 is 11.3 Å². The highest BCUT2D eigenvalue weighted by Gasteiger charge is 2.26. The Hall–Kier alpha value is -1.13. The van der Waals surface area contributed by atoms with Gasteiger partial charge in [-0.25, -0.2) is 0 Å². The van der Waals surface area contributed by atoms with Gasteiger partial charge in [-0.2, -0.15) is 0 Å². The Bertz CT molecular complexity index is 366. The lowest BCUT2D eigenvalue weighted by Gasteiger charge is -2.31. The van der Waals surface area contributed by atoms with Gasteiger partial charge in [-0.15, -0.1) is 11.3 Å². The molecule has 1 heterocycles. The summed E-state index contributed by atoms with van der Waals surface area (Å²) in [6.45, 7) is 0.671. The maximum Gasteiger partial charge on any atom is 0.244 e. The molecular formula is C12H15NO2S. The third-order valence-electron chi connectivity index (χ3n) is 2.72. The second kappa shape index (κ2) is 5.27. The molecule has 1 aliphatic rings. The van der Waals surface area contributed by atoms with Gasteiger partial charge in [0.05, 0.1) is 6.10 Å². The molecule has 0 aliphatic heterocycles. The zero-order valence-electron chi connectivity index (χ0n) is 8.93. The Kier molecular flexibility index (Phi) is 3.74. The first kappa shape index (κ1) is 11.4. The number of hydrogen-bond acceptors (Lipinski definition) is 3. The third-order valence-corrected chi connectivity index (χ3v) is 3.56. The first-order valence-electron chi connectivity index (χ1n) is 5.41. The van der Waals surface area contributed by atoms with Gasteiger partial charge < -0.3 is 10.4 Å². The molecule has 0 bridgehead atoms. The zero-order chi connectivity index (χ0) is 11.4. The Labute approximate surface area is 98.8 Å². The molecule has 0 aromatic carbocycles. The summed E-state index contributed by atoms with van der Waals surface area (Å²) in [5, 5.41) is 13.9. The fraction of sp³-hybridized carbons (Fsp3) is 0.417. The predicted molar refractivity (Wildman–Crippen MR) is 65.1 cm³/mol. The highest BCUT2D eigenvalue weighted by Crippen LogP contribution is 2.25. The molecule has 1 fully saturated rings. The van der Waals surface area contributed by atoms with E-state index in [4.69, 9.17) is 5.11 Å². The van der Waals surface area contributed by atoms with Gasteiger partial charge in [0.2, 0.25) is 5.91 Å². The normalized spacial score (nSPS) is 24.3. The number of aliphatic hydroxyl groups is 1. The second-order valence-corrected chi connectivity index (χ2v) is 5.06. The van der Waals surface area contributed by atoms with E-state index >= 15 is 0 Å². The van der Waals surface area contributed by atoms with E-state index in [0.29, 0.717) is 12.5 Å². The summed E-state index contributed by atoms with van der Waals surface area (Å²) in [6.07, 6.45) is 4.85. The van der Waals surface area contributed by atoms with Gasteiger partial charge in [-0.05, 0) is 36.3 Å². The SMILES string of the molecule is O=C(C=Cc1cccs1)NCC1CC(O)C1. The van der Waals surface area contributed by atoms with Crippen LogP contribution in [0.5, 0.6) is 0 Å². The van der Waals surface area contributed by atoms with Crippen LogP contribution in [0.25, 0.3) is 6.08 Å². The van der Waals surface area contributed by atoms with Crippen molar-refractivity contribution in [2.75, 3.05) is 6.54 Å². The van der Waals surface area contributed by atoms with Crippen LogP contribution in [-0.2, 0) is 4.79 Å². The number of thiophene rings is 1. The first-order valence-corrected chi connectivity index (χ1v) is 6.29. The molecule has 1 aromatic rings. The molecule has 0 unspecified atom stereocenters. The van der Waals surface area contributed by atoms with Crippen LogP contribution < -0.4 is 5.32 Å². The van der Waals surface area contributed by atoms with Gasteiger partial charge in [-0.3, -0.25) is 4.79 Å². The van der Waals surface area contributed by atoms with E-state index in [1.807, 2.05) is 23.6 Å². The molecule has 3 nitrogen and oxygen atoms in total. The number of carbonyl (C=O) groups is 1. The minimum Gasteiger partial charge on any atom is -0.393 e. The monoisotopic (exact) mass is 237 g/mol. The fourth-order valence-electron chi connectivity index (χ4n) is 1.71. The molecule has 4 heteroatoms. The Morgan fingerprint density at radius 2 is 2.44 bits per heavy atom. The Balaban J connectivity index is 1.68. The number of hydrogen-bond donors (Lipinski definition) is 2. The van der Waals surface area contributed by atoms with Crippen LogP contribution in [0.1, 0.15) is 17.7 Å². The summed E-state index contributed by atoms with van der Waals surface area (Å²) in [7, 11) is 0.